The van der Waals surface area contributed by atoms with Crippen molar-refractivity contribution < 1.29 is 4.79 Å². The first-order valence-corrected chi connectivity index (χ1v) is 5.17. The molecule has 2 rings (SSSR count). The predicted molar refractivity (Wildman–Crippen MR) is 56.4 cm³/mol. The second-order valence-electron chi connectivity index (χ2n) is 3.41. The van der Waals surface area contributed by atoms with Crippen molar-refractivity contribution in [3.63, 3.8) is 0 Å². The summed E-state index contributed by atoms with van der Waals surface area (Å²) in [6, 6.07) is 8.11. The van der Waals surface area contributed by atoms with E-state index < -0.39 is 0 Å². The number of carbonyl (C=O) groups excluding carboxylic acids is 1. The zero-order valence-corrected chi connectivity index (χ0v) is 8.26. The molecule has 68 valence electrons. The molecule has 1 aliphatic carbocycles. The molecule has 1 aromatic carbocycles. The highest BCUT2D eigenvalue weighted by molar-refractivity contribution is 7.80. The van der Waals surface area contributed by atoms with Crippen LogP contribution in [0.3, 0.4) is 0 Å². The molecule has 0 aromatic heterocycles. The van der Waals surface area contributed by atoms with E-state index >= 15 is 0 Å². The lowest BCUT2D eigenvalue weighted by Crippen LogP contribution is -2.06. The van der Waals surface area contributed by atoms with Crippen LogP contribution in [0.4, 0.5) is 0 Å². The third kappa shape index (κ3) is 1.51. The predicted octanol–water partition coefficient (Wildman–Crippen LogP) is 2.22. The number of hydrogen-bond acceptors (Lipinski definition) is 2. The molecule has 1 aliphatic rings. The fourth-order valence-electron chi connectivity index (χ4n) is 1.97. The molecule has 0 spiro atoms. The van der Waals surface area contributed by atoms with E-state index in [1.807, 2.05) is 18.2 Å². The van der Waals surface area contributed by atoms with Gasteiger partial charge in [-0.15, -0.1) is 0 Å². The number of ketones is 1. The number of hydrogen-bond donors (Lipinski definition) is 1. The van der Waals surface area contributed by atoms with Crippen LogP contribution in [0.1, 0.15) is 23.5 Å². The lowest BCUT2D eigenvalue weighted by atomic mass is 9.98. The van der Waals surface area contributed by atoms with Crippen LogP contribution in [0, 0.1) is 0 Å². The maximum absolute atomic E-state index is 11.6. The summed E-state index contributed by atoms with van der Waals surface area (Å²) in [5.74, 6) is 1.26. The van der Waals surface area contributed by atoms with Gasteiger partial charge in [-0.1, -0.05) is 24.3 Å². The van der Waals surface area contributed by atoms with Crippen LogP contribution in [0.15, 0.2) is 24.3 Å². The summed E-state index contributed by atoms with van der Waals surface area (Å²) in [5, 5.41) is 0. The quantitative estimate of drug-likeness (QED) is 0.711. The van der Waals surface area contributed by atoms with Crippen molar-refractivity contribution in [2.75, 3.05) is 5.75 Å². The van der Waals surface area contributed by atoms with Gasteiger partial charge in [-0.3, -0.25) is 4.79 Å². The van der Waals surface area contributed by atoms with Crippen LogP contribution < -0.4 is 0 Å². The Morgan fingerprint density at radius 2 is 2.15 bits per heavy atom. The molecular weight excluding hydrogens is 180 g/mol. The van der Waals surface area contributed by atoms with Crippen LogP contribution in [0.5, 0.6) is 0 Å². The van der Waals surface area contributed by atoms with Crippen LogP contribution >= 0.6 is 12.6 Å². The Kier molecular flexibility index (Phi) is 2.40. The largest absolute Gasteiger partial charge is 0.299 e. The zero-order valence-electron chi connectivity index (χ0n) is 7.36. The van der Waals surface area contributed by atoms with E-state index in [1.165, 1.54) is 11.1 Å². The van der Waals surface area contributed by atoms with Gasteiger partial charge in [0.2, 0.25) is 0 Å². The molecule has 0 amide bonds. The molecule has 1 nitrogen and oxygen atoms in total. The molecule has 13 heavy (non-hydrogen) atoms. The van der Waals surface area contributed by atoms with Gasteiger partial charge in [-0.25, -0.2) is 0 Å². The minimum absolute atomic E-state index is 0.119. The van der Waals surface area contributed by atoms with Crippen LogP contribution in [-0.4, -0.2) is 11.5 Å². The lowest BCUT2D eigenvalue weighted by molar-refractivity contribution is -0.119. The molecule has 1 unspecified atom stereocenters. The first kappa shape index (κ1) is 8.82. The van der Waals surface area contributed by atoms with Crippen molar-refractivity contribution in [2.24, 2.45) is 0 Å². The van der Waals surface area contributed by atoms with Gasteiger partial charge in [0.15, 0.2) is 0 Å². The Morgan fingerprint density at radius 1 is 1.38 bits per heavy atom. The number of carbonyl (C=O) groups is 1. The molecular formula is C11H12OS. The Labute approximate surface area is 83.6 Å². The molecule has 0 saturated heterocycles. The van der Waals surface area contributed by atoms with E-state index in [9.17, 15) is 4.79 Å². The molecule has 1 atom stereocenters. The summed E-state index contributed by atoms with van der Waals surface area (Å²) >= 11 is 4.18. The standard InChI is InChI=1S/C11H12OS/c12-11-7-8-3-1-2-4-9(8)10(11)5-6-13/h1-4,10,13H,5-7H2. The van der Waals surface area contributed by atoms with Crippen LogP contribution in [0.25, 0.3) is 0 Å². The average Bonchev–Trinajstić information content (AvgIpc) is 2.44. The average molecular weight is 192 g/mol. The van der Waals surface area contributed by atoms with E-state index in [0.29, 0.717) is 12.2 Å². The normalized spacial score (nSPS) is 20.4. The fraction of sp³-hybridized carbons (Fsp3) is 0.364. The smallest absolute Gasteiger partial charge is 0.144 e. The zero-order chi connectivity index (χ0) is 9.26. The van der Waals surface area contributed by atoms with Gasteiger partial charge in [-0.2, -0.15) is 12.6 Å². The van der Waals surface area contributed by atoms with Crippen LogP contribution in [0.2, 0.25) is 0 Å². The van der Waals surface area contributed by atoms with E-state index in [-0.39, 0.29) is 5.92 Å². The van der Waals surface area contributed by atoms with Gasteiger partial charge in [-0.05, 0) is 23.3 Å². The Balaban J connectivity index is 2.35. The second kappa shape index (κ2) is 3.54. The van der Waals surface area contributed by atoms with E-state index in [0.717, 1.165) is 12.2 Å². The molecule has 1 aromatic rings. The number of fused-ring (bicyclic) bond motifs is 1. The topological polar surface area (TPSA) is 17.1 Å². The van der Waals surface area contributed by atoms with E-state index in [2.05, 4.69) is 18.7 Å². The Morgan fingerprint density at radius 3 is 2.92 bits per heavy atom. The van der Waals surface area contributed by atoms with Crippen molar-refractivity contribution in [1.82, 2.24) is 0 Å². The third-order valence-corrected chi connectivity index (χ3v) is 2.86. The summed E-state index contributed by atoms with van der Waals surface area (Å²) in [5.41, 5.74) is 2.43. The highest BCUT2D eigenvalue weighted by Crippen LogP contribution is 2.32. The maximum Gasteiger partial charge on any atom is 0.144 e. The van der Waals surface area contributed by atoms with Crippen molar-refractivity contribution in [3.8, 4) is 0 Å². The van der Waals surface area contributed by atoms with Gasteiger partial charge in [0, 0.05) is 12.3 Å². The maximum atomic E-state index is 11.6. The van der Waals surface area contributed by atoms with Crippen LogP contribution in [-0.2, 0) is 11.2 Å². The number of benzene rings is 1. The highest BCUT2D eigenvalue weighted by Gasteiger charge is 2.28. The molecule has 0 saturated carbocycles. The first-order chi connectivity index (χ1) is 6.33. The summed E-state index contributed by atoms with van der Waals surface area (Å²) in [4.78, 5) is 11.6. The van der Waals surface area contributed by atoms with Gasteiger partial charge in [0.25, 0.3) is 0 Å². The highest BCUT2D eigenvalue weighted by atomic mass is 32.1. The molecule has 0 heterocycles. The molecule has 0 bridgehead atoms. The Hall–Kier alpha value is -0.760. The van der Waals surface area contributed by atoms with Crippen molar-refractivity contribution in [1.29, 1.82) is 0 Å². The summed E-state index contributed by atoms with van der Waals surface area (Å²) in [6.07, 6.45) is 1.49. The molecule has 0 aliphatic heterocycles. The minimum atomic E-state index is 0.119. The minimum Gasteiger partial charge on any atom is -0.299 e. The molecule has 0 radical (unpaired) electrons. The SMILES string of the molecule is O=C1Cc2ccccc2C1CCS. The summed E-state index contributed by atoms with van der Waals surface area (Å²) < 4.78 is 0. The molecule has 2 heteroatoms. The second-order valence-corrected chi connectivity index (χ2v) is 3.85. The van der Waals surface area contributed by atoms with Gasteiger partial charge < -0.3 is 0 Å². The number of thiol groups is 1. The van der Waals surface area contributed by atoms with Crippen molar-refractivity contribution in [3.05, 3.63) is 35.4 Å². The van der Waals surface area contributed by atoms with E-state index in [1.54, 1.807) is 0 Å². The van der Waals surface area contributed by atoms with Crippen molar-refractivity contribution >= 4 is 18.4 Å². The monoisotopic (exact) mass is 192 g/mol. The number of Topliss-reactive ketones (excluding diaryl/α,β-unsaturated/α-hetero) is 1. The summed E-state index contributed by atoms with van der Waals surface area (Å²) in [6.45, 7) is 0. The third-order valence-electron chi connectivity index (χ3n) is 2.60. The Bertz CT molecular complexity index is 333. The lowest BCUT2D eigenvalue weighted by Gasteiger charge is -2.07. The first-order valence-electron chi connectivity index (χ1n) is 4.54. The van der Waals surface area contributed by atoms with Gasteiger partial charge in [0.1, 0.15) is 5.78 Å². The molecule has 0 N–H and O–H groups in total. The van der Waals surface area contributed by atoms with E-state index in [4.69, 9.17) is 0 Å². The van der Waals surface area contributed by atoms with Crippen molar-refractivity contribution in [2.45, 2.75) is 18.8 Å². The molecule has 0 fully saturated rings. The van der Waals surface area contributed by atoms with Gasteiger partial charge in [0.05, 0.1) is 0 Å². The number of rotatable bonds is 2. The fourth-order valence-corrected chi connectivity index (χ4v) is 2.22. The summed E-state index contributed by atoms with van der Waals surface area (Å²) in [7, 11) is 0. The van der Waals surface area contributed by atoms with Gasteiger partial charge >= 0.3 is 0 Å².